The van der Waals surface area contributed by atoms with Gasteiger partial charge in [-0.15, -0.1) is 11.3 Å². The van der Waals surface area contributed by atoms with Crippen molar-refractivity contribution in [2.24, 2.45) is 5.10 Å². The number of nitrogen functional groups attached to an aromatic ring is 1. The number of fused-ring (bicyclic) bond motifs is 1. The van der Waals surface area contributed by atoms with Crippen LogP contribution in [0.15, 0.2) is 65.8 Å². The lowest BCUT2D eigenvalue weighted by Crippen LogP contribution is -2.20. The minimum absolute atomic E-state index is 0.256. The normalized spacial score (nSPS) is 15.2. The molecule has 0 atom stereocenters. The van der Waals surface area contributed by atoms with Gasteiger partial charge in [-0.25, -0.2) is 5.43 Å². The molecule has 4 rings (SSSR count). The van der Waals surface area contributed by atoms with Gasteiger partial charge in [0, 0.05) is 10.4 Å². The van der Waals surface area contributed by atoms with Crippen LogP contribution in [0.3, 0.4) is 0 Å². The van der Waals surface area contributed by atoms with Gasteiger partial charge in [-0.1, -0.05) is 54.6 Å². The van der Waals surface area contributed by atoms with Crippen molar-refractivity contribution in [3.05, 3.63) is 76.7 Å². The molecule has 0 saturated carbocycles. The monoisotopic (exact) mass is 375 g/mol. The summed E-state index contributed by atoms with van der Waals surface area (Å²) >= 11 is 1.39. The zero-order valence-corrected chi connectivity index (χ0v) is 15.8. The molecule has 0 aliphatic heterocycles. The molecule has 1 aliphatic carbocycles. The number of aryl methyl sites for hydroxylation is 1. The van der Waals surface area contributed by atoms with E-state index in [0.29, 0.717) is 10.6 Å². The lowest BCUT2D eigenvalue weighted by molar-refractivity contribution is 0.0959. The zero-order valence-electron chi connectivity index (χ0n) is 14.9. The number of hydrazone groups is 1. The first-order valence-electron chi connectivity index (χ1n) is 9.12. The van der Waals surface area contributed by atoms with Gasteiger partial charge in [0.1, 0.15) is 4.88 Å². The number of nitrogens with two attached hydrogens (primary N) is 1. The zero-order chi connectivity index (χ0) is 18.6. The summed E-state index contributed by atoms with van der Waals surface area (Å²) in [6.07, 6.45) is 4.14. The van der Waals surface area contributed by atoms with Crippen LogP contribution in [-0.4, -0.2) is 11.6 Å². The first kappa shape index (κ1) is 17.5. The number of anilines is 1. The Morgan fingerprint density at radius 2 is 1.74 bits per heavy atom. The summed E-state index contributed by atoms with van der Waals surface area (Å²) < 4.78 is 0. The molecule has 4 nitrogen and oxygen atoms in total. The molecule has 5 heteroatoms. The number of nitrogens with zero attached hydrogens (tertiary/aromatic N) is 1. The molecule has 136 valence electrons. The van der Waals surface area contributed by atoms with Gasteiger partial charge < -0.3 is 5.73 Å². The number of amides is 1. The van der Waals surface area contributed by atoms with E-state index in [2.05, 4.69) is 28.7 Å². The SMILES string of the molecule is Nc1cc(-c2ccccc2)sc1C(=O)N/N=C1\CCCCc2ccccc21. The van der Waals surface area contributed by atoms with E-state index in [9.17, 15) is 4.79 Å². The summed E-state index contributed by atoms with van der Waals surface area (Å²) in [5, 5.41) is 4.45. The molecule has 0 saturated heterocycles. The number of hydrogen-bond acceptors (Lipinski definition) is 4. The third-order valence-electron chi connectivity index (χ3n) is 4.76. The predicted octanol–water partition coefficient (Wildman–Crippen LogP) is 4.86. The first-order chi connectivity index (χ1) is 13.2. The molecule has 3 N–H and O–H groups in total. The smallest absolute Gasteiger partial charge is 0.283 e. The topological polar surface area (TPSA) is 67.5 Å². The number of thiophene rings is 1. The van der Waals surface area contributed by atoms with Crippen molar-refractivity contribution in [1.82, 2.24) is 5.43 Å². The van der Waals surface area contributed by atoms with Crippen LogP contribution in [0.1, 0.15) is 40.1 Å². The van der Waals surface area contributed by atoms with Crippen LogP contribution in [0.5, 0.6) is 0 Å². The number of rotatable bonds is 3. The highest BCUT2D eigenvalue weighted by molar-refractivity contribution is 7.18. The van der Waals surface area contributed by atoms with Gasteiger partial charge in [-0.05, 0) is 42.9 Å². The summed E-state index contributed by atoms with van der Waals surface area (Å²) in [6, 6.07) is 20.1. The standard InChI is InChI=1S/C22H21N3OS/c23-18-14-20(16-10-2-1-3-11-16)27-21(18)22(26)25-24-19-13-7-5-9-15-8-4-6-12-17(15)19/h1-4,6,8,10-12,14H,5,7,9,13,23H2,(H,25,26)/b24-19+. The van der Waals surface area contributed by atoms with E-state index >= 15 is 0 Å². The Balaban J connectivity index is 1.57. The fourth-order valence-corrected chi connectivity index (χ4v) is 4.35. The highest BCUT2D eigenvalue weighted by atomic mass is 32.1. The van der Waals surface area contributed by atoms with Crippen LogP contribution >= 0.6 is 11.3 Å². The second-order valence-corrected chi connectivity index (χ2v) is 7.68. The van der Waals surface area contributed by atoms with E-state index in [-0.39, 0.29) is 5.91 Å². The van der Waals surface area contributed by atoms with Crippen LogP contribution < -0.4 is 11.2 Å². The fraction of sp³-hybridized carbons (Fsp3) is 0.182. The van der Waals surface area contributed by atoms with Crippen LogP contribution in [0.4, 0.5) is 5.69 Å². The van der Waals surface area contributed by atoms with E-state index in [1.807, 2.05) is 42.5 Å². The molecule has 2 aromatic carbocycles. The molecule has 27 heavy (non-hydrogen) atoms. The van der Waals surface area contributed by atoms with Gasteiger partial charge in [0.25, 0.3) is 5.91 Å². The number of carbonyl (C=O) groups excluding carboxylic acids is 1. The maximum atomic E-state index is 12.7. The van der Waals surface area contributed by atoms with Gasteiger partial charge in [0.05, 0.1) is 11.4 Å². The Bertz CT molecular complexity index is 992. The largest absolute Gasteiger partial charge is 0.397 e. The number of nitrogens with one attached hydrogen (secondary N) is 1. The lowest BCUT2D eigenvalue weighted by atomic mass is 10.0. The molecule has 0 unspecified atom stereocenters. The lowest BCUT2D eigenvalue weighted by Gasteiger charge is -2.08. The first-order valence-corrected chi connectivity index (χ1v) is 9.94. The third kappa shape index (κ3) is 3.78. The Morgan fingerprint density at radius 3 is 2.59 bits per heavy atom. The number of carbonyl (C=O) groups is 1. The Hall–Kier alpha value is -2.92. The molecular formula is C22H21N3OS. The van der Waals surface area contributed by atoms with Crippen molar-refractivity contribution >= 4 is 28.6 Å². The molecule has 1 aromatic heterocycles. The highest BCUT2D eigenvalue weighted by Crippen LogP contribution is 2.33. The van der Waals surface area contributed by atoms with Gasteiger partial charge >= 0.3 is 0 Å². The van der Waals surface area contributed by atoms with Crippen LogP contribution in [0.2, 0.25) is 0 Å². The van der Waals surface area contributed by atoms with Gasteiger partial charge in [0.2, 0.25) is 0 Å². The van der Waals surface area contributed by atoms with E-state index < -0.39 is 0 Å². The fourth-order valence-electron chi connectivity index (χ4n) is 3.37. The molecule has 1 amide bonds. The average Bonchev–Trinajstić information content (AvgIpc) is 2.98. The third-order valence-corrected chi connectivity index (χ3v) is 5.95. The Labute approximate surface area is 162 Å². The summed E-state index contributed by atoms with van der Waals surface area (Å²) in [5.41, 5.74) is 13.7. The maximum Gasteiger partial charge on any atom is 0.283 e. The van der Waals surface area contributed by atoms with E-state index in [4.69, 9.17) is 5.73 Å². The van der Waals surface area contributed by atoms with Crippen molar-refractivity contribution in [3.63, 3.8) is 0 Å². The van der Waals surface area contributed by atoms with Gasteiger partial charge in [0.15, 0.2) is 0 Å². The Morgan fingerprint density at radius 1 is 1.00 bits per heavy atom. The number of benzene rings is 2. The van der Waals surface area contributed by atoms with E-state index in [1.54, 1.807) is 0 Å². The second kappa shape index (κ2) is 7.76. The van der Waals surface area contributed by atoms with Crippen LogP contribution in [0.25, 0.3) is 10.4 Å². The quantitative estimate of drug-likeness (QED) is 0.507. The second-order valence-electron chi connectivity index (χ2n) is 6.62. The Kier molecular flexibility index (Phi) is 5.03. The van der Waals surface area contributed by atoms with Crippen molar-refractivity contribution in [2.45, 2.75) is 25.7 Å². The molecular weight excluding hydrogens is 354 g/mol. The minimum atomic E-state index is -0.256. The van der Waals surface area contributed by atoms with Crippen molar-refractivity contribution in [1.29, 1.82) is 0 Å². The molecule has 0 bridgehead atoms. The summed E-state index contributed by atoms with van der Waals surface area (Å²) in [4.78, 5) is 14.1. The van der Waals surface area contributed by atoms with Crippen LogP contribution in [0, 0.1) is 0 Å². The maximum absolute atomic E-state index is 12.7. The van der Waals surface area contributed by atoms with Crippen molar-refractivity contribution in [3.8, 4) is 10.4 Å². The highest BCUT2D eigenvalue weighted by Gasteiger charge is 2.17. The summed E-state index contributed by atoms with van der Waals surface area (Å²) in [7, 11) is 0. The van der Waals surface area contributed by atoms with Crippen LogP contribution in [-0.2, 0) is 6.42 Å². The molecule has 0 radical (unpaired) electrons. The summed E-state index contributed by atoms with van der Waals surface area (Å²) in [5.74, 6) is -0.256. The molecule has 1 aliphatic rings. The molecule has 0 spiro atoms. The van der Waals surface area contributed by atoms with Gasteiger partial charge in [-0.3, -0.25) is 4.79 Å². The predicted molar refractivity (Wildman–Crippen MR) is 112 cm³/mol. The van der Waals surface area contributed by atoms with Gasteiger partial charge in [-0.2, -0.15) is 5.10 Å². The number of hydrogen-bond donors (Lipinski definition) is 2. The minimum Gasteiger partial charge on any atom is -0.397 e. The molecule has 1 heterocycles. The van der Waals surface area contributed by atoms with E-state index in [0.717, 1.165) is 47.4 Å². The summed E-state index contributed by atoms with van der Waals surface area (Å²) in [6.45, 7) is 0. The van der Waals surface area contributed by atoms with Crippen molar-refractivity contribution < 1.29 is 4.79 Å². The van der Waals surface area contributed by atoms with E-state index in [1.165, 1.54) is 16.9 Å². The van der Waals surface area contributed by atoms with Crippen molar-refractivity contribution in [2.75, 3.05) is 5.73 Å². The molecule has 3 aromatic rings. The molecule has 0 fully saturated rings. The average molecular weight is 375 g/mol.